The molecule has 1 aromatic rings. The molecule has 1 aliphatic rings. The van der Waals surface area contributed by atoms with E-state index in [0.29, 0.717) is 23.9 Å². The number of benzene rings is 1. The molecule has 0 aliphatic heterocycles. The highest BCUT2D eigenvalue weighted by Crippen LogP contribution is 2.23. The van der Waals surface area contributed by atoms with Crippen molar-refractivity contribution in [2.45, 2.75) is 44.6 Å². The number of ether oxygens (including phenoxy) is 1. The van der Waals surface area contributed by atoms with Gasteiger partial charge in [0.15, 0.2) is 5.78 Å². The molecule has 0 heterocycles. The first-order valence-corrected chi connectivity index (χ1v) is 7.69. The summed E-state index contributed by atoms with van der Waals surface area (Å²) in [6.07, 6.45) is 7.32. The lowest BCUT2D eigenvalue weighted by Crippen LogP contribution is -2.35. The Kier molecular flexibility index (Phi) is 5.74. The molecule has 1 saturated carbocycles. The Hall–Kier alpha value is -1.42. The topological polar surface area (TPSA) is 29.5 Å². The van der Waals surface area contributed by atoms with Crippen LogP contribution in [-0.4, -0.2) is 37.4 Å². The van der Waals surface area contributed by atoms with Crippen LogP contribution >= 0.6 is 0 Å². The Balaban J connectivity index is 2.04. The van der Waals surface area contributed by atoms with Crippen LogP contribution in [0.4, 0.5) is 4.39 Å². The highest BCUT2D eigenvalue weighted by molar-refractivity contribution is 6.00. The van der Waals surface area contributed by atoms with Gasteiger partial charge in [0.1, 0.15) is 11.6 Å². The molecule has 1 aliphatic carbocycles. The second-order valence-electron chi connectivity index (χ2n) is 5.83. The van der Waals surface area contributed by atoms with Gasteiger partial charge in [-0.05, 0) is 38.1 Å². The van der Waals surface area contributed by atoms with Gasteiger partial charge in [0.05, 0.1) is 19.2 Å². The van der Waals surface area contributed by atoms with Crippen LogP contribution in [0.3, 0.4) is 0 Å². The molecule has 0 spiro atoms. The number of ketones is 1. The first-order valence-electron chi connectivity index (χ1n) is 7.69. The van der Waals surface area contributed by atoms with Gasteiger partial charge in [0.25, 0.3) is 0 Å². The quantitative estimate of drug-likeness (QED) is 0.613. The van der Waals surface area contributed by atoms with Gasteiger partial charge in [0, 0.05) is 6.04 Å². The summed E-state index contributed by atoms with van der Waals surface area (Å²) in [4.78, 5) is 14.5. The second kappa shape index (κ2) is 7.55. The molecule has 0 N–H and O–H groups in total. The summed E-state index contributed by atoms with van der Waals surface area (Å²) >= 11 is 0. The van der Waals surface area contributed by atoms with E-state index in [1.807, 2.05) is 7.05 Å². The van der Waals surface area contributed by atoms with Crippen LogP contribution in [0.25, 0.3) is 0 Å². The zero-order valence-corrected chi connectivity index (χ0v) is 12.9. The summed E-state index contributed by atoms with van der Waals surface area (Å²) in [7, 11) is 3.48. The van der Waals surface area contributed by atoms with Gasteiger partial charge < -0.3 is 4.74 Å². The maximum Gasteiger partial charge on any atom is 0.180 e. The first-order chi connectivity index (χ1) is 10.1. The van der Waals surface area contributed by atoms with Crippen molar-refractivity contribution in [1.29, 1.82) is 0 Å². The van der Waals surface area contributed by atoms with Crippen molar-refractivity contribution >= 4 is 5.78 Å². The van der Waals surface area contributed by atoms with Crippen LogP contribution in [-0.2, 0) is 0 Å². The number of halogens is 1. The predicted octanol–water partition coefficient (Wildman–Crippen LogP) is 3.67. The minimum atomic E-state index is -0.406. The van der Waals surface area contributed by atoms with Crippen molar-refractivity contribution in [2.24, 2.45) is 0 Å². The van der Waals surface area contributed by atoms with E-state index in [2.05, 4.69) is 4.90 Å². The lowest BCUT2D eigenvalue weighted by molar-refractivity contribution is 0.0908. The van der Waals surface area contributed by atoms with Crippen LogP contribution in [0.2, 0.25) is 0 Å². The van der Waals surface area contributed by atoms with Gasteiger partial charge in [0.2, 0.25) is 0 Å². The third-order valence-electron chi connectivity index (χ3n) is 4.30. The lowest BCUT2D eigenvalue weighted by Gasteiger charge is -2.26. The molecule has 116 valence electrons. The summed E-state index contributed by atoms with van der Waals surface area (Å²) in [6.45, 7) is 0.310. The Morgan fingerprint density at radius 1 is 1.29 bits per heavy atom. The monoisotopic (exact) mass is 293 g/mol. The molecular weight excluding hydrogens is 269 g/mol. The van der Waals surface area contributed by atoms with Crippen LogP contribution in [0, 0.1) is 5.82 Å². The fraction of sp³-hybridized carbons (Fsp3) is 0.588. The van der Waals surface area contributed by atoms with Crippen molar-refractivity contribution in [1.82, 2.24) is 4.90 Å². The molecule has 1 aromatic carbocycles. The maximum absolute atomic E-state index is 13.4. The molecule has 2 rings (SSSR count). The van der Waals surface area contributed by atoms with E-state index in [9.17, 15) is 9.18 Å². The molecular formula is C17H24FNO2. The molecule has 0 bridgehead atoms. The third kappa shape index (κ3) is 4.27. The number of hydrogen-bond donors (Lipinski definition) is 0. The maximum atomic E-state index is 13.4. The fourth-order valence-electron chi connectivity index (χ4n) is 3.04. The van der Waals surface area contributed by atoms with E-state index in [4.69, 9.17) is 4.74 Å². The van der Waals surface area contributed by atoms with Crippen LogP contribution in [0.1, 0.15) is 48.9 Å². The molecule has 0 unspecified atom stereocenters. The number of likely N-dealkylation sites (N-methyl/N-ethyl adjacent to an activating group) is 1. The van der Waals surface area contributed by atoms with E-state index >= 15 is 0 Å². The Labute approximate surface area is 126 Å². The Bertz CT molecular complexity index is 482. The lowest BCUT2D eigenvalue weighted by atomic mass is 10.1. The van der Waals surface area contributed by atoms with E-state index < -0.39 is 5.82 Å². The van der Waals surface area contributed by atoms with E-state index in [0.717, 1.165) is 12.8 Å². The normalized spacial score (nSPS) is 16.8. The van der Waals surface area contributed by atoms with E-state index in [-0.39, 0.29) is 5.78 Å². The van der Waals surface area contributed by atoms with Gasteiger partial charge in [-0.2, -0.15) is 0 Å². The summed E-state index contributed by atoms with van der Waals surface area (Å²) in [5, 5.41) is 0. The second-order valence-corrected chi connectivity index (χ2v) is 5.83. The molecule has 4 heteroatoms. The number of Topliss-reactive ketones (excluding diaryl/α,β-unsaturated/α-hetero) is 1. The highest BCUT2D eigenvalue weighted by atomic mass is 19.1. The van der Waals surface area contributed by atoms with Gasteiger partial charge in [-0.3, -0.25) is 9.69 Å². The summed E-state index contributed by atoms with van der Waals surface area (Å²) in [5.74, 6) is -0.0509. The van der Waals surface area contributed by atoms with Gasteiger partial charge in [-0.25, -0.2) is 4.39 Å². The van der Waals surface area contributed by atoms with Gasteiger partial charge in [-0.1, -0.05) is 25.7 Å². The summed E-state index contributed by atoms with van der Waals surface area (Å²) in [6, 6.07) is 4.54. The van der Waals surface area contributed by atoms with Gasteiger partial charge >= 0.3 is 0 Å². The zero-order chi connectivity index (χ0) is 15.2. The minimum absolute atomic E-state index is 0.0851. The number of carbonyl (C=O) groups excluding carboxylic acids is 1. The summed E-state index contributed by atoms with van der Waals surface area (Å²) < 4.78 is 18.5. The molecule has 1 fully saturated rings. The van der Waals surface area contributed by atoms with E-state index in [1.165, 1.54) is 51.0 Å². The molecule has 0 radical (unpaired) electrons. The van der Waals surface area contributed by atoms with Gasteiger partial charge in [-0.15, -0.1) is 0 Å². The molecule has 0 atom stereocenters. The minimum Gasteiger partial charge on any atom is -0.496 e. The first kappa shape index (κ1) is 16.0. The van der Waals surface area contributed by atoms with Crippen molar-refractivity contribution in [2.75, 3.05) is 20.7 Å². The number of nitrogens with zero attached hydrogens (tertiary/aromatic N) is 1. The molecule has 3 nitrogen and oxygen atoms in total. The standard InChI is InChI=1S/C17H24FNO2/c1-19(14-7-5-3-4-6-8-14)12-16(20)15-11-13(18)9-10-17(15)21-2/h9-11,14H,3-8,12H2,1-2H3. The number of hydrogen-bond acceptors (Lipinski definition) is 3. The van der Waals surface area contributed by atoms with E-state index in [1.54, 1.807) is 0 Å². The SMILES string of the molecule is COc1ccc(F)cc1C(=O)CN(C)C1CCCCCC1. The largest absolute Gasteiger partial charge is 0.496 e. The Morgan fingerprint density at radius 2 is 1.95 bits per heavy atom. The van der Waals surface area contributed by atoms with Crippen LogP contribution in [0.15, 0.2) is 18.2 Å². The Morgan fingerprint density at radius 3 is 2.57 bits per heavy atom. The number of carbonyl (C=O) groups is 1. The van der Waals surface area contributed by atoms with Crippen molar-refractivity contribution in [3.63, 3.8) is 0 Å². The van der Waals surface area contributed by atoms with Crippen molar-refractivity contribution in [3.8, 4) is 5.75 Å². The molecule has 0 amide bonds. The predicted molar refractivity (Wildman–Crippen MR) is 81.4 cm³/mol. The van der Waals surface area contributed by atoms with Crippen LogP contribution < -0.4 is 4.74 Å². The smallest absolute Gasteiger partial charge is 0.180 e. The van der Waals surface area contributed by atoms with Crippen molar-refractivity contribution < 1.29 is 13.9 Å². The number of rotatable bonds is 5. The molecule has 0 saturated heterocycles. The summed E-state index contributed by atoms with van der Waals surface area (Å²) in [5.41, 5.74) is 0.331. The molecule has 0 aromatic heterocycles. The average molecular weight is 293 g/mol. The highest BCUT2D eigenvalue weighted by Gasteiger charge is 2.21. The average Bonchev–Trinajstić information content (AvgIpc) is 2.76. The number of methoxy groups -OCH3 is 1. The molecule has 21 heavy (non-hydrogen) atoms. The van der Waals surface area contributed by atoms with Crippen LogP contribution in [0.5, 0.6) is 5.75 Å². The fourth-order valence-corrected chi connectivity index (χ4v) is 3.04. The third-order valence-corrected chi connectivity index (χ3v) is 4.30. The van der Waals surface area contributed by atoms with Crippen molar-refractivity contribution in [3.05, 3.63) is 29.6 Å². The zero-order valence-electron chi connectivity index (χ0n) is 12.9.